The summed E-state index contributed by atoms with van der Waals surface area (Å²) in [5, 5.41) is 0. The normalized spacial score (nSPS) is 11.4. The van der Waals surface area contributed by atoms with Crippen LogP contribution >= 0.6 is 0 Å². The topological polar surface area (TPSA) is 61.0 Å². The maximum atomic E-state index is 12.6. The number of aromatic nitrogens is 2. The lowest BCUT2D eigenvalue weighted by atomic mass is 10.1. The fourth-order valence-electron chi connectivity index (χ4n) is 1.55. The monoisotopic (exact) mass is 269 g/mol. The lowest BCUT2D eigenvalue weighted by Gasteiger charge is -2.09. The van der Waals surface area contributed by atoms with Crippen molar-refractivity contribution < 1.29 is 17.9 Å². The molecule has 1 aromatic carbocycles. The number of benzene rings is 1. The van der Waals surface area contributed by atoms with Gasteiger partial charge in [-0.05, 0) is 12.1 Å². The van der Waals surface area contributed by atoms with Crippen LogP contribution in [-0.2, 0) is 6.18 Å². The lowest BCUT2D eigenvalue weighted by molar-refractivity contribution is -0.137. The van der Waals surface area contributed by atoms with Gasteiger partial charge in [-0.15, -0.1) is 0 Å². The molecule has 2 N–H and O–H groups in total. The van der Waals surface area contributed by atoms with Gasteiger partial charge >= 0.3 is 6.18 Å². The van der Waals surface area contributed by atoms with Gasteiger partial charge < -0.3 is 10.5 Å². The number of anilines is 1. The zero-order valence-electron chi connectivity index (χ0n) is 9.90. The summed E-state index contributed by atoms with van der Waals surface area (Å²) in [5.41, 5.74) is 5.29. The summed E-state index contributed by atoms with van der Waals surface area (Å²) in [4.78, 5) is 7.67. The third kappa shape index (κ3) is 2.93. The van der Waals surface area contributed by atoms with Gasteiger partial charge in [0.2, 0.25) is 11.8 Å². The second-order valence-corrected chi connectivity index (χ2v) is 3.73. The number of ether oxygens (including phenoxy) is 1. The number of rotatable bonds is 2. The van der Waals surface area contributed by atoms with Crippen LogP contribution in [0.4, 0.5) is 19.1 Å². The van der Waals surface area contributed by atoms with Crippen LogP contribution in [0.1, 0.15) is 5.56 Å². The molecule has 7 heteroatoms. The van der Waals surface area contributed by atoms with Crippen molar-refractivity contribution in [3.63, 3.8) is 0 Å². The van der Waals surface area contributed by atoms with Crippen LogP contribution in [0, 0.1) is 0 Å². The van der Waals surface area contributed by atoms with Crippen LogP contribution in [-0.4, -0.2) is 17.1 Å². The van der Waals surface area contributed by atoms with E-state index in [1.165, 1.54) is 25.3 Å². The third-order valence-electron chi connectivity index (χ3n) is 2.41. The summed E-state index contributed by atoms with van der Waals surface area (Å²) in [6.45, 7) is 0. The first-order valence-corrected chi connectivity index (χ1v) is 5.26. The van der Waals surface area contributed by atoms with Crippen molar-refractivity contribution in [2.24, 2.45) is 0 Å². The van der Waals surface area contributed by atoms with Gasteiger partial charge in [0, 0.05) is 11.6 Å². The van der Waals surface area contributed by atoms with Crippen molar-refractivity contribution in [3.8, 4) is 17.1 Å². The van der Waals surface area contributed by atoms with Crippen LogP contribution in [0.25, 0.3) is 11.3 Å². The van der Waals surface area contributed by atoms with Gasteiger partial charge in [-0.3, -0.25) is 0 Å². The molecule has 0 aliphatic heterocycles. The van der Waals surface area contributed by atoms with Gasteiger partial charge in [0.15, 0.2) is 0 Å². The van der Waals surface area contributed by atoms with Crippen LogP contribution in [0.5, 0.6) is 5.88 Å². The molecule has 0 bridgehead atoms. The maximum Gasteiger partial charge on any atom is 0.416 e. The van der Waals surface area contributed by atoms with Crippen molar-refractivity contribution in [3.05, 3.63) is 35.9 Å². The molecule has 0 amide bonds. The Morgan fingerprint density at radius 3 is 2.53 bits per heavy atom. The molecule has 0 atom stereocenters. The quantitative estimate of drug-likeness (QED) is 0.910. The molecule has 0 saturated carbocycles. The Labute approximate surface area is 107 Å². The number of hydrogen-bond acceptors (Lipinski definition) is 4. The van der Waals surface area contributed by atoms with E-state index >= 15 is 0 Å². The first-order chi connectivity index (χ1) is 8.90. The lowest BCUT2D eigenvalue weighted by Crippen LogP contribution is -2.05. The second-order valence-electron chi connectivity index (χ2n) is 3.73. The zero-order valence-corrected chi connectivity index (χ0v) is 9.90. The zero-order chi connectivity index (χ0) is 14.0. The van der Waals surface area contributed by atoms with Crippen molar-refractivity contribution in [1.82, 2.24) is 9.97 Å². The molecule has 19 heavy (non-hydrogen) atoms. The van der Waals surface area contributed by atoms with Gasteiger partial charge in [-0.25, -0.2) is 4.98 Å². The molecule has 1 heterocycles. The maximum absolute atomic E-state index is 12.6. The van der Waals surface area contributed by atoms with Gasteiger partial charge in [0.05, 0.1) is 18.4 Å². The average molecular weight is 269 g/mol. The van der Waals surface area contributed by atoms with Crippen LogP contribution in [0.2, 0.25) is 0 Å². The highest BCUT2D eigenvalue weighted by atomic mass is 19.4. The number of nitrogens with zero attached hydrogens (tertiary/aromatic N) is 2. The molecule has 0 spiro atoms. The van der Waals surface area contributed by atoms with Crippen LogP contribution in [0.15, 0.2) is 30.3 Å². The van der Waals surface area contributed by atoms with E-state index in [1.54, 1.807) is 0 Å². The van der Waals surface area contributed by atoms with Crippen molar-refractivity contribution in [2.75, 3.05) is 12.8 Å². The number of methoxy groups -OCH3 is 1. The Bertz CT molecular complexity index is 599. The van der Waals surface area contributed by atoms with E-state index in [0.29, 0.717) is 5.56 Å². The van der Waals surface area contributed by atoms with Gasteiger partial charge in [0.25, 0.3) is 0 Å². The van der Waals surface area contributed by atoms with Crippen molar-refractivity contribution >= 4 is 5.95 Å². The van der Waals surface area contributed by atoms with E-state index in [9.17, 15) is 13.2 Å². The summed E-state index contributed by atoms with van der Waals surface area (Å²) in [5.74, 6) is 0.131. The number of halogens is 3. The molecule has 0 unspecified atom stereocenters. The van der Waals surface area contributed by atoms with E-state index in [4.69, 9.17) is 10.5 Å². The van der Waals surface area contributed by atoms with E-state index < -0.39 is 11.7 Å². The highest BCUT2D eigenvalue weighted by Crippen LogP contribution is 2.32. The molecule has 2 rings (SSSR count). The predicted molar refractivity (Wildman–Crippen MR) is 63.4 cm³/mol. The molecule has 0 aliphatic rings. The van der Waals surface area contributed by atoms with Crippen molar-refractivity contribution in [1.29, 1.82) is 0 Å². The highest BCUT2D eigenvalue weighted by Gasteiger charge is 2.30. The summed E-state index contributed by atoms with van der Waals surface area (Å²) in [6.07, 6.45) is -4.40. The molecule has 1 aromatic heterocycles. The molecule has 0 saturated heterocycles. The standard InChI is InChI=1S/C12H10F3N3O/c1-19-10-6-9(17-11(16)18-10)7-3-2-4-8(5-7)12(13,14)15/h2-6H,1H3,(H2,16,17,18). The van der Waals surface area contributed by atoms with E-state index in [2.05, 4.69) is 9.97 Å². The van der Waals surface area contributed by atoms with Crippen LogP contribution in [0.3, 0.4) is 0 Å². The molecule has 0 fully saturated rings. The minimum Gasteiger partial charge on any atom is -0.481 e. The average Bonchev–Trinajstić information content (AvgIpc) is 2.37. The third-order valence-corrected chi connectivity index (χ3v) is 2.41. The van der Waals surface area contributed by atoms with E-state index in [-0.39, 0.29) is 17.5 Å². The first-order valence-electron chi connectivity index (χ1n) is 5.26. The molecule has 2 aromatic rings. The molecule has 4 nitrogen and oxygen atoms in total. The van der Waals surface area contributed by atoms with E-state index in [1.807, 2.05) is 0 Å². The fourth-order valence-corrected chi connectivity index (χ4v) is 1.55. The Hall–Kier alpha value is -2.31. The summed E-state index contributed by atoms with van der Waals surface area (Å²) >= 11 is 0. The summed E-state index contributed by atoms with van der Waals surface area (Å²) in [7, 11) is 1.39. The SMILES string of the molecule is COc1cc(-c2cccc(C(F)(F)F)c2)nc(N)n1. The summed E-state index contributed by atoms with van der Waals surface area (Å²) < 4.78 is 42.8. The predicted octanol–water partition coefficient (Wildman–Crippen LogP) is 2.75. The Morgan fingerprint density at radius 1 is 1.16 bits per heavy atom. The molecular formula is C12H10F3N3O. The Kier molecular flexibility index (Phi) is 3.28. The first kappa shape index (κ1) is 13.1. The van der Waals surface area contributed by atoms with Crippen LogP contribution < -0.4 is 10.5 Å². The minimum atomic E-state index is -4.40. The largest absolute Gasteiger partial charge is 0.481 e. The van der Waals surface area contributed by atoms with E-state index in [0.717, 1.165) is 12.1 Å². The highest BCUT2D eigenvalue weighted by molar-refractivity contribution is 5.62. The number of hydrogen-bond donors (Lipinski definition) is 1. The number of nitrogen functional groups attached to an aromatic ring is 1. The van der Waals surface area contributed by atoms with Gasteiger partial charge in [-0.1, -0.05) is 12.1 Å². The molecule has 100 valence electrons. The number of nitrogens with two attached hydrogens (primary N) is 1. The minimum absolute atomic E-state index is 0.0632. The number of alkyl halides is 3. The van der Waals surface area contributed by atoms with Crippen molar-refractivity contribution in [2.45, 2.75) is 6.18 Å². The molecular weight excluding hydrogens is 259 g/mol. The summed E-state index contributed by atoms with van der Waals surface area (Å²) in [6, 6.07) is 6.23. The van der Waals surface area contributed by atoms with Gasteiger partial charge in [-0.2, -0.15) is 18.2 Å². The fraction of sp³-hybridized carbons (Fsp3) is 0.167. The molecule has 0 radical (unpaired) electrons. The Balaban J connectivity index is 2.50. The van der Waals surface area contributed by atoms with Gasteiger partial charge in [0.1, 0.15) is 0 Å². The smallest absolute Gasteiger partial charge is 0.416 e. The second kappa shape index (κ2) is 4.75. The molecule has 0 aliphatic carbocycles. The Morgan fingerprint density at radius 2 is 1.89 bits per heavy atom.